The van der Waals surface area contributed by atoms with Gasteiger partial charge in [-0.05, 0) is 51.5 Å². The maximum Gasteiger partial charge on any atom is 0.306 e. The van der Waals surface area contributed by atoms with E-state index in [9.17, 15) is 9.90 Å². The zero-order valence-electron chi connectivity index (χ0n) is 18.7. The molecule has 1 aromatic carbocycles. The Kier molecular flexibility index (Phi) is 9.31. The third kappa shape index (κ3) is 7.91. The molecule has 5 atom stereocenters. The standard InChI is InChI=1S/C26H36O5/c1-19(2)29-25(28)13-9-4-3-8-12-22-23(30-26-18-24(22)31-26)17-16-21(27)15-14-20-10-6-5-7-11-20/h3,5-8,10-11,16-17,19,21-24,26-27H,4,9,12-15,18H2,1-2H3/b8-3-,17-16+/t21-,22+,23+,24-,26+/m0/s1. The second kappa shape index (κ2) is 12.2. The fraction of sp³-hybridized carbons (Fsp3) is 0.577. The van der Waals surface area contributed by atoms with Gasteiger partial charge in [-0.15, -0.1) is 0 Å². The van der Waals surface area contributed by atoms with Gasteiger partial charge in [-0.3, -0.25) is 4.79 Å². The number of benzene rings is 1. The van der Waals surface area contributed by atoms with Gasteiger partial charge in [-0.2, -0.15) is 0 Å². The quantitative estimate of drug-likeness (QED) is 0.296. The van der Waals surface area contributed by atoms with Crippen LogP contribution < -0.4 is 0 Å². The molecule has 0 aliphatic carbocycles. The normalized spacial score (nSPS) is 26.3. The summed E-state index contributed by atoms with van der Waals surface area (Å²) in [7, 11) is 0. The number of unbranched alkanes of at least 4 members (excludes halogenated alkanes) is 1. The number of fused-ring (bicyclic) bond motifs is 2. The van der Waals surface area contributed by atoms with Crippen LogP contribution in [-0.4, -0.2) is 41.8 Å². The molecule has 1 N–H and O–H groups in total. The molecule has 3 saturated heterocycles. The first kappa shape index (κ1) is 23.7. The van der Waals surface area contributed by atoms with Crippen molar-refractivity contribution in [1.82, 2.24) is 0 Å². The average Bonchev–Trinajstić information content (AvgIpc) is 2.73. The van der Waals surface area contributed by atoms with Gasteiger partial charge in [0.1, 0.15) is 0 Å². The fourth-order valence-corrected chi connectivity index (χ4v) is 4.05. The van der Waals surface area contributed by atoms with Crippen molar-refractivity contribution in [2.45, 2.75) is 89.5 Å². The van der Waals surface area contributed by atoms with Crippen molar-refractivity contribution < 1.29 is 24.1 Å². The number of hydrogen-bond acceptors (Lipinski definition) is 5. The highest BCUT2D eigenvalue weighted by molar-refractivity contribution is 5.69. The molecule has 3 aliphatic rings. The number of esters is 1. The summed E-state index contributed by atoms with van der Waals surface area (Å²) in [5.41, 5.74) is 1.24. The summed E-state index contributed by atoms with van der Waals surface area (Å²) in [5.74, 6) is 0.124. The van der Waals surface area contributed by atoms with Gasteiger partial charge in [-0.25, -0.2) is 0 Å². The van der Waals surface area contributed by atoms with E-state index in [0.29, 0.717) is 12.8 Å². The van der Waals surface area contributed by atoms with Crippen LogP contribution in [0.15, 0.2) is 54.6 Å². The summed E-state index contributed by atoms with van der Waals surface area (Å²) < 4.78 is 16.9. The Bertz CT molecular complexity index is 721. The Morgan fingerprint density at radius 3 is 2.74 bits per heavy atom. The first-order chi connectivity index (χ1) is 15.0. The monoisotopic (exact) mass is 428 g/mol. The van der Waals surface area contributed by atoms with Crippen molar-refractivity contribution in [3.63, 3.8) is 0 Å². The Morgan fingerprint density at radius 1 is 1.23 bits per heavy atom. The van der Waals surface area contributed by atoms with Crippen LogP contribution in [0.1, 0.15) is 57.9 Å². The van der Waals surface area contributed by atoms with Crippen LogP contribution in [0.3, 0.4) is 0 Å². The van der Waals surface area contributed by atoms with Crippen LogP contribution in [0.5, 0.6) is 0 Å². The zero-order valence-corrected chi connectivity index (χ0v) is 18.7. The predicted molar refractivity (Wildman–Crippen MR) is 120 cm³/mol. The molecule has 0 spiro atoms. The fourth-order valence-electron chi connectivity index (χ4n) is 4.05. The van der Waals surface area contributed by atoms with Gasteiger partial charge in [0, 0.05) is 18.8 Å². The SMILES string of the molecule is CC(C)OC(=O)CCC/C=C\C[C@H]1[C@@H]2C[C@@H](O2)O[C@@H]1/C=C/[C@@H](O)CCc1ccccc1. The van der Waals surface area contributed by atoms with Crippen molar-refractivity contribution in [2.75, 3.05) is 0 Å². The van der Waals surface area contributed by atoms with Gasteiger partial charge in [0.15, 0.2) is 6.29 Å². The molecule has 170 valence electrons. The largest absolute Gasteiger partial charge is 0.463 e. The van der Waals surface area contributed by atoms with Gasteiger partial charge in [-0.1, -0.05) is 54.6 Å². The summed E-state index contributed by atoms with van der Waals surface area (Å²) >= 11 is 0. The highest BCUT2D eigenvalue weighted by atomic mass is 16.7. The van der Waals surface area contributed by atoms with Crippen LogP contribution in [0.25, 0.3) is 0 Å². The van der Waals surface area contributed by atoms with Crippen LogP contribution >= 0.6 is 0 Å². The molecule has 3 heterocycles. The molecule has 0 amide bonds. The summed E-state index contributed by atoms with van der Waals surface area (Å²) in [6.07, 6.45) is 13.2. The van der Waals surface area contributed by atoms with Crippen molar-refractivity contribution in [2.24, 2.45) is 5.92 Å². The number of rotatable bonds is 12. The maximum atomic E-state index is 11.6. The predicted octanol–water partition coefficient (Wildman–Crippen LogP) is 4.73. The third-order valence-electron chi connectivity index (χ3n) is 5.75. The van der Waals surface area contributed by atoms with Crippen LogP contribution in [0, 0.1) is 5.92 Å². The molecule has 5 heteroatoms. The minimum atomic E-state index is -0.482. The van der Waals surface area contributed by atoms with Crippen molar-refractivity contribution in [1.29, 1.82) is 0 Å². The molecule has 2 bridgehead atoms. The second-order valence-electron chi connectivity index (χ2n) is 8.72. The molecule has 3 fully saturated rings. The Balaban J connectivity index is 1.40. The number of aliphatic hydroxyl groups excluding tert-OH is 1. The van der Waals surface area contributed by atoms with Gasteiger partial charge in [0.25, 0.3) is 0 Å². The summed E-state index contributed by atoms with van der Waals surface area (Å²) in [5, 5.41) is 10.4. The molecule has 0 saturated carbocycles. The lowest BCUT2D eigenvalue weighted by Gasteiger charge is -2.49. The van der Waals surface area contributed by atoms with Gasteiger partial charge in [0.05, 0.1) is 24.4 Å². The first-order valence-electron chi connectivity index (χ1n) is 11.6. The van der Waals surface area contributed by atoms with E-state index in [1.54, 1.807) is 0 Å². The molecule has 5 nitrogen and oxygen atoms in total. The lowest BCUT2D eigenvalue weighted by molar-refractivity contribution is -0.337. The van der Waals surface area contributed by atoms with E-state index in [-0.39, 0.29) is 36.5 Å². The molecule has 3 aliphatic heterocycles. The Labute approximate surface area is 186 Å². The highest BCUT2D eigenvalue weighted by Crippen LogP contribution is 2.40. The van der Waals surface area contributed by atoms with Gasteiger partial charge in [0.2, 0.25) is 0 Å². The van der Waals surface area contributed by atoms with Crippen molar-refractivity contribution in [3.8, 4) is 0 Å². The molecule has 31 heavy (non-hydrogen) atoms. The van der Waals surface area contributed by atoms with Gasteiger partial charge < -0.3 is 19.3 Å². The summed E-state index contributed by atoms with van der Waals surface area (Å²) in [6.45, 7) is 3.73. The number of aryl methyl sites for hydroxylation is 1. The maximum absolute atomic E-state index is 11.6. The van der Waals surface area contributed by atoms with Crippen LogP contribution in [-0.2, 0) is 25.4 Å². The van der Waals surface area contributed by atoms with Crippen molar-refractivity contribution in [3.05, 3.63) is 60.2 Å². The number of aliphatic hydroxyl groups is 1. The number of carbonyl (C=O) groups excluding carboxylic acids is 1. The molecule has 0 unspecified atom stereocenters. The van der Waals surface area contributed by atoms with E-state index >= 15 is 0 Å². The van der Waals surface area contributed by atoms with Crippen LogP contribution in [0.2, 0.25) is 0 Å². The minimum Gasteiger partial charge on any atom is -0.463 e. The van der Waals surface area contributed by atoms with E-state index in [4.69, 9.17) is 14.2 Å². The summed E-state index contributed by atoms with van der Waals surface area (Å²) in [4.78, 5) is 11.6. The van der Waals surface area contributed by atoms with E-state index in [0.717, 1.165) is 32.1 Å². The topological polar surface area (TPSA) is 65.0 Å². The number of allylic oxidation sites excluding steroid dienone is 2. The second-order valence-corrected chi connectivity index (χ2v) is 8.72. The molecule has 0 aromatic heterocycles. The first-order valence-corrected chi connectivity index (χ1v) is 11.6. The molecule has 1 aromatic rings. The molecular formula is C26H36O5. The Hall–Kier alpha value is -1.95. The lowest BCUT2D eigenvalue weighted by Crippen LogP contribution is -2.55. The van der Waals surface area contributed by atoms with Gasteiger partial charge >= 0.3 is 5.97 Å². The Morgan fingerprint density at radius 2 is 2.00 bits per heavy atom. The summed E-state index contributed by atoms with van der Waals surface area (Å²) in [6, 6.07) is 10.2. The van der Waals surface area contributed by atoms with Crippen LogP contribution in [0.4, 0.5) is 0 Å². The number of ether oxygens (including phenoxy) is 3. The van der Waals surface area contributed by atoms with Crippen molar-refractivity contribution >= 4 is 5.97 Å². The lowest BCUT2D eigenvalue weighted by atomic mass is 9.84. The average molecular weight is 429 g/mol. The molecular weight excluding hydrogens is 392 g/mol. The van der Waals surface area contributed by atoms with E-state index in [1.807, 2.05) is 44.2 Å². The van der Waals surface area contributed by atoms with E-state index < -0.39 is 6.10 Å². The molecule has 4 rings (SSSR count). The third-order valence-corrected chi connectivity index (χ3v) is 5.75. The minimum absolute atomic E-state index is 0.0328. The smallest absolute Gasteiger partial charge is 0.306 e. The number of hydrogen-bond donors (Lipinski definition) is 1. The molecule has 0 radical (unpaired) electrons. The zero-order chi connectivity index (χ0) is 22.1. The highest BCUT2D eigenvalue weighted by Gasteiger charge is 2.46. The van der Waals surface area contributed by atoms with E-state index in [1.165, 1.54) is 5.56 Å². The number of carbonyl (C=O) groups is 1. The van der Waals surface area contributed by atoms with E-state index in [2.05, 4.69) is 24.3 Å².